The summed E-state index contributed by atoms with van der Waals surface area (Å²) in [5, 5.41) is 11.9. The fraction of sp³-hybridized carbons (Fsp3) is 0.100. The van der Waals surface area contributed by atoms with Crippen LogP contribution in [0.25, 0.3) is 6.08 Å². The molecule has 1 heterocycles. The van der Waals surface area contributed by atoms with Crippen molar-refractivity contribution >= 4 is 12.0 Å². The normalized spacial score (nSPS) is 12.8. The molecule has 1 N–H and O–H groups in total. The van der Waals surface area contributed by atoms with Gasteiger partial charge in [-0.15, -0.1) is 0 Å². The van der Waals surface area contributed by atoms with Crippen molar-refractivity contribution in [1.29, 1.82) is 5.26 Å². The van der Waals surface area contributed by atoms with Gasteiger partial charge in [-0.2, -0.15) is 5.26 Å². The molecule has 0 fully saturated rings. The molecule has 0 atom stereocenters. The number of hydrogen-bond donors (Lipinski definition) is 1. The van der Waals surface area contributed by atoms with Gasteiger partial charge in [-0.25, -0.2) is 0 Å². The van der Waals surface area contributed by atoms with Gasteiger partial charge in [-0.3, -0.25) is 4.79 Å². The standard InChI is InChI=1S/C20H16N2O3/c21-12-17(20(23)22-13-16-5-2-1-3-6-16)8-4-7-15-9-10-18-19(11-15)25-14-24-18/h1-11H,13-14H2,(H,22,23)/b7-4+,17-8+. The number of allylic oxidation sites excluding steroid dienone is 2. The number of carbonyl (C=O) groups excluding carboxylic acids is 1. The van der Waals surface area contributed by atoms with Crippen molar-refractivity contribution in [3.05, 3.63) is 77.4 Å². The fourth-order valence-electron chi connectivity index (χ4n) is 2.31. The van der Waals surface area contributed by atoms with E-state index in [1.54, 1.807) is 12.2 Å². The van der Waals surface area contributed by atoms with E-state index in [4.69, 9.17) is 14.7 Å². The Bertz CT molecular complexity index is 864. The minimum Gasteiger partial charge on any atom is -0.454 e. The van der Waals surface area contributed by atoms with Crippen LogP contribution in [-0.2, 0) is 11.3 Å². The van der Waals surface area contributed by atoms with Crippen LogP contribution in [0.2, 0.25) is 0 Å². The molecule has 0 aliphatic carbocycles. The van der Waals surface area contributed by atoms with Crippen LogP contribution in [-0.4, -0.2) is 12.7 Å². The van der Waals surface area contributed by atoms with Crippen LogP contribution in [0.4, 0.5) is 0 Å². The van der Waals surface area contributed by atoms with E-state index in [9.17, 15) is 4.79 Å². The molecule has 2 aromatic carbocycles. The lowest BCUT2D eigenvalue weighted by atomic mass is 10.1. The van der Waals surface area contributed by atoms with Crippen LogP contribution in [0.3, 0.4) is 0 Å². The highest BCUT2D eigenvalue weighted by Crippen LogP contribution is 2.32. The summed E-state index contributed by atoms with van der Waals surface area (Å²) in [5.41, 5.74) is 1.92. The Balaban J connectivity index is 1.62. The minimum atomic E-state index is -0.401. The molecule has 5 heteroatoms. The number of nitriles is 1. The van der Waals surface area contributed by atoms with Crippen molar-refractivity contribution in [3.8, 4) is 17.6 Å². The summed E-state index contributed by atoms with van der Waals surface area (Å²) in [6.07, 6.45) is 4.95. The summed E-state index contributed by atoms with van der Waals surface area (Å²) in [7, 11) is 0. The number of nitrogens with one attached hydrogen (secondary N) is 1. The Hall–Kier alpha value is -3.52. The van der Waals surface area contributed by atoms with Gasteiger partial charge in [0.15, 0.2) is 11.5 Å². The van der Waals surface area contributed by atoms with Crippen molar-refractivity contribution in [2.75, 3.05) is 6.79 Å². The fourth-order valence-corrected chi connectivity index (χ4v) is 2.31. The first-order valence-corrected chi connectivity index (χ1v) is 7.76. The Morgan fingerprint density at radius 3 is 2.76 bits per heavy atom. The molecule has 0 unspecified atom stereocenters. The van der Waals surface area contributed by atoms with E-state index in [0.29, 0.717) is 18.0 Å². The molecule has 0 aromatic heterocycles. The lowest BCUT2D eigenvalue weighted by Crippen LogP contribution is -2.23. The van der Waals surface area contributed by atoms with E-state index in [-0.39, 0.29) is 12.4 Å². The summed E-state index contributed by atoms with van der Waals surface area (Å²) in [6, 6.07) is 17.0. The highest BCUT2D eigenvalue weighted by atomic mass is 16.7. The van der Waals surface area contributed by atoms with E-state index >= 15 is 0 Å². The third kappa shape index (κ3) is 4.27. The van der Waals surface area contributed by atoms with E-state index in [1.807, 2.05) is 54.6 Å². The Labute approximate surface area is 145 Å². The van der Waals surface area contributed by atoms with Crippen molar-refractivity contribution in [2.24, 2.45) is 0 Å². The molecule has 1 aliphatic heterocycles. The lowest BCUT2D eigenvalue weighted by molar-refractivity contribution is -0.117. The van der Waals surface area contributed by atoms with Crippen molar-refractivity contribution in [3.63, 3.8) is 0 Å². The highest BCUT2D eigenvalue weighted by Gasteiger charge is 2.12. The van der Waals surface area contributed by atoms with E-state index < -0.39 is 5.91 Å². The van der Waals surface area contributed by atoms with Crippen LogP contribution in [0, 0.1) is 11.3 Å². The molecule has 2 aromatic rings. The van der Waals surface area contributed by atoms with Crippen LogP contribution < -0.4 is 14.8 Å². The topological polar surface area (TPSA) is 71.3 Å². The third-order valence-electron chi connectivity index (χ3n) is 3.61. The van der Waals surface area contributed by atoms with Gasteiger partial charge >= 0.3 is 0 Å². The molecule has 0 saturated carbocycles. The largest absolute Gasteiger partial charge is 0.454 e. The Kier molecular flexibility index (Phi) is 5.13. The van der Waals surface area contributed by atoms with Crippen LogP contribution in [0.15, 0.2) is 66.3 Å². The summed E-state index contributed by atoms with van der Waals surface area (Å²) in [4.78, 5) is 12.1. The maximum absolute atomic E-state index is 12.1. The van der Waals surface area contributed by atoms with Gasteiger partial charge in [-0.05, 0) is 29.3 Å². The van der Waals surface area contributed by atoms with Gasteiger partial charge in [0.05, 0.1) is 0 Å². The highest BCUT2D eigenvalue weighted by molar-refractivity contribution is 5.97. The van der Waals surface area contributed by atoms with Crippen molar-refractivity contribution in [2.45, 2.75) is 6.54 Å². The summed E-state index contributed by atoms with van der Waals surface area (Å²) in [6.45, 7) is 0.604. The van der Waals surface area contributed by atoms with Gasteiger partial charge in [0, 0.05) is 6.54 Å². The second kappa shape index (κ2) is 7.84. The van der Waals surface area contributed by atoms with Gasteiger partial charge in [-0.1, -0.05) is 48.6 Å². The summed E-state index contributed by atoms with van der Waals surface area (Å²) < 4.78 is 10.6. The number of ether oxygens (including phenoxy) is 2. The molecule has 1 amide bonds. The molecule has 0 spiro atoms. The predicted octanol–water partition coefficient (Wildman–Crippen LogP) is 3.19. The molecule has 124 valence electrons. The first-order valence-electron chi connectivity index (χ1n) is 7.76. The zero-order valence-corrected chi connectivity index (χ0v) is 13.4. The first-order chi connectivity index (χ1) is 12.3. The average molecular weight is 332 g/mol. The molecule has 3 rings (SSSR count). The SMILES string of the molecule is N#C/C(=C\C=C\c1ccc2c(c1)OCO2)C(=O)NCc1ccccc1. The van der Waals surface area contributed by atoms with E-state index in [0.717, 1.165) is 11.1 Å². The molecular weight excluding hydrogens is 316 g/mol. The van der Waals surface area contributed by atoms with Crippen LogP contribution in [0.1, 0.15) is 11.1 Å². The number of benzene rings is 2. The molecular formula is C20H16N2O3. The van der Waals surface area contributed by atoms with Crippen molar-refractivity contribution in [1.82, 2.24) is 5.32 Å². The maximum atomic E-state index is 12.1. The van der Waals surface area contributed by atoms with Gasteiger partial charge in [0.2, 0.25) is 6.79 Å². The maximum Gasteiger partial charge on any atom is 0.262 e. The number of fused-ring (bicyclic) bond motifs is 1. The number of nitrogens with zero attached hydrogens (tertiary/aromatic N) is 1. The van der Waals surface area contributed by atoms with Crippen LogP contribution in [0.5, 0.6) is 11.5 Å². The van der Waals surface area contributed by atoms with Gasteiger partial charge < -0.3 is 14.8 Å². The number of carbonyl (C=O) groups is 1. The van der Waals surface area contributed by atoms with Gasteiger partial charge in [0.1, 0.15) is 11.6 Å². The van der Waals surface area contributed by atoms with Gasteiger partial charge in [0.25, 0.3) is 5.91 Å². The predicted molar refractivity (Wildman–Crippen MR) is 93.6 cm³/mol. The molecule has 25 heavy (non-hydrogen) atoms. The quantitative estimate of drug-likeness (QED) is 0.518. The second-order valence-electron chi connectivity index (χ2n) is 5.33. The molecule has 1 aliphatic rings. The lowest BCUT2D eigenvalue weighted by Gasteiger charge is -2.03. The monoisotopic (exact) mass is 332 g/mol. The van der Waals surface area contributed by atoms with Crippen molar-refractivity contribution < 1.29 is 14.3 Å². The number of amides is 1. The molecule has 5 nitrogen and oxygen atoms in total. The minimum absolute atomic E-state index is 0.0490. The first kappa shape index (κ1) is 16.3. The number of hydrogen-bond acceptors (Lipinski definition) is 4. The zero-order chi connectivity index (χ0) is 17.5. The van der Waals surface area contributed by atoms with E-state index in [1.165, 1.54) is 6.08 Å². The van der Waals surface area contributed by atoms with E-state index in [2.05, 4.69) is 5.32 Å². The Morgan fingerprint density at radius 2 is 1.96 bits per heavy atom. The third-order valence-corrected chi connectivity index (χ3v) is 3.61. The summed E-state index contributed by atoms with van der Waals surface area (Å²) >= 11 is 0. The smallest absolute Gasteiger partial charge is 0.262 e. The second-order valence-corrected chi connectivity index (χ2v) is 5.33. The summed E-state index contributed by atoms with van der Waals surface area (Å²) in [5.74, 6) is 1.000. The molecule has 0 saturated heterocycles. The van der Waals surface area contributed by atoms with Crippen LogP contribution >= 0.6 is 0 Å². The molecule has 0 bridgehead atoms. The molecule has 0 radical (unpaired) electrons. The zero-order valence-electron chi connectivity index (χ0n) is 13.4. The Morgan fingerprint density at radius 1 is 1.16 bits per heavy atom. The number of rotatable bonds is 5. The average Bonchev–Trinajstić information content (AvgIpc) is 3.12.